The van der Waals surface area contributed by atoms with Crippen molar-refractivity contribution in [1.29, 1.82) is 0 Å². The Labute approximate surface area is 169 Å². The molecule has 3 aromatic rings. The quantitative estimate of drug-likeness (QED) is 0.716. The molecule has 0 atom stereocenters. The highest BCUT2D eigenvalue weighted by atomic mass is 16.5. The molecule has 0 radical (unpaired) electrons. The van der Waals surface area contributed by atoms with Gasteiger partial charge < -0.3 is 19.4 Å². The normalized spacial score (nSPS) is 15.6. The van der Waals surface area contributed by atoms with E-state index in [1.807, 2.05) is 12.1 Å². The van der Waals surface area contributed by atoms with Crippen LogP contribution in [0.1, 0.15) is 5.56 Å². The van der Waals surface area contributed by atoms with Gasteiger partial charge in [0.05, 0.1) is 19.7 Å². The van der Waals surface area contributed by atoms with E-state index in [2.05, 4.69) is 38.9 Å². The molecular weight excluding hydrogens is 368 g/mol. The maximum absolute atomic E-state index is 12.7. The Morgan fingerprint density at radius 1 is 1.03 bits per heavy atom. The van der Waals surface area contributed by atoms with Crippen molar-refractivity contribution in [2.45, 2.75) is 6.54 Å². The van der Waals surface area contributed by atoms with E-state index in [0.717, 1.165) is 38.3 Å². The number of benzene rings is 2. The second-order valence-corrected chi connectivity index (χ2v) is 7.41. The number of likely N-dealkylation sites (N-methyl/N-ethyl adjacent to an activating group) is 1. The molecule has 1 aliphatic rings. The zero-order valence-electron chi connectivity index (χ0n) is 17.1. The molecule has 7 nitrogen and oxygen atoms in total. The Morgan fingerprint density at radius 3 is 2.41 bits per heavy atom. The number of hydrogen-bond donors (Lipinski definition) is 1. The van der Waals surface area contributed by atoms with Crippen molar-refractivity contribution in [3.8, 4) is 22.9 Å². The molecule has 1 N–H and O–H groups in total. The lowest BCUT2D eigenvalue weighted by Crippen LogP contribution is -2.43. The van der Waals surface area contributed by atoms with E-state index in [1.54, 1.807) is 19.2 Å². The molecule has 0 bridgehead atoms. The van der Waals surface area contributed by atoms with Crippen LogP contribution in [-0.2, 0) is 6.54 Å². The van der Waals surface area contributed by atoms with Crippen LogP contribution in [0.5, 0.6) is 11.5 Å². The van der Waals surface area contributed by atoms with Crippen LogP contribution in [0, 0.1) is 0 Å². The summed E-state index contributed by atoms with van der Waals surface area (Å²) in [7, 11) is 5.27. The topological polar surface area (TPSA) is 70.7 Å². The SMILES string of the molecule is COc1cc(OC)c2c(=O)[nH]c(-c3ccc(CN4CCN(C)CC4)cc3)nc2c1. The summed E-state index contributed by atoms with van der Waals surface area (Å²) in [5, 5.41) is 0.420. The molecule has 2 heterocycles. The lowest BCUT2D eigenvalue weighted by atomic mass is 10.1. The number of ether oxygens (including phenoxy) is 2. The number of methoxy groups -OCH3 is 2. The number of nitrogens with zero attached hydrogens (tertiary/aromatic N) is 3. The average molecular weight is 394 g/mol. The number of hydrogen-bond acceptors (Lipinski definition) is 6. The first-order valence-electron chi connectivity index (χ1n) is 9.73. The maximum atomic E-state index is 12.7. The van der Waals surface area contributed by atoms with Gasteiger partial charge in [0.25, 0.3) is 5.56 Å². The molecule has 1 aromatic heterocycles. The van der Waals surface area contributed by atoms with Crippen molar-refractivity contribution in [2.24, 2.45) is 0 Å². The predicted octanol–water partition coefficient (Wildman–Crippen LogP) is 2.35. The molecule has 4 rings (SSSR count). The van der Waals surface area contributed by atoms with Gasteiger partial charge in [-0.15, -0.1) is 0 Å². The summed E-state index contributed by atoms with van der Waals surface area (Å²) in [6.45, 7) is 5.31. The molecule has 2 aromatic carbocycles. The Balaban J connectivity index is 1.61. The third kappa shape index (κ3) is 4.11. The van der Waals surface area contributed by atoms with E-state index in [9.17, 15) is 4.79 Å². The van der Waals surface area contributed by atoms with Crippen LogP contribution in [0.4, 0.5) is 0 Å². The minimum atomic E-state index is -0.231. The molecule has 0 saturated carbocycles. The summed E-state index contributed by atoms with van der Waals surface area (Å²) in [5.41, 5.74) is 2.44. The summed E-state index contributed by atoms with van der Waals surface area (Å²) < 4.78 is 10.6. The Bertz CT molecular complexity index is 1050. The van der Waals surface area contributed by atoms with E-state index in [4.69, 9.17) is 9.47 Å². The van der Waals surface area contributed by atoms with Crippen molar-refractivity contribution < 1.29 is 9.47 Å². The Hall–Kier alpha value is -2.90. The van der Waals surface area contributed by atoms with Crippen LogP contribution in [0.25, 0.3) is 22.3 Å². The largest absolute Gasteiger partial charge is 0.497 e. The smallest absolute Gasteiger partial charge is 0.262 e. The minimum Gasteiger partial charge on any atom is -0.497 e. The van der Waals surface area contributed by atoms with Crippen molar-refractivity contribution >= 4 is 10.9 Å². The molecule has 0 spiro atoms. The number of nitrogens with one attached hydrogen (secondary N) is 1. The monoisotopic (exact) mass is 394 g/mol. The lowest BCUT2D eigenvalue weighted by Gasteiger charge is -2.32. The van der Waals surface area contributed by atoms with Crippen LogP contribution in [0.2, 0.25) is 0 Å². The van der Waals surface area contributed by atoms with Crippen molar-refractivity contribution in [3.63, 3.8) is 0 Å². The molecule has 1 saturated heterocycles. The third-order valence-electron chi connectivity index (χ3n) is 5.43. The number of H-pyrrole nitrogens is 1. The predicted molar refractivity (Wildman–Crippen MR) is 114 cm³/mol. The number of piperazine rings is 1. The van der Waals surface area contributed by atoms with Crippen molar-refractivity contribution in [3.05, 3.63) is 52.3 Å². The van der Waals surface area contributed by atoms with Gasteiger partial charge in [-0.05, 0) is 12.6 Å². The minimum absolute atomic E-state index is 0.231. The Morgan fingerprint density at radius 2 is 1.76 bits per heavy atom. The highest BCUT2D eigenvalue weighted by Gasteiger charge is 2.15. The fourth-order valence-corrected chi connectivity index (χ4v) is 3.66. The first-order valence-corrected chi connectivity index (χ1v) is 9.73. The van der Waals surface area contributed by atoms with Crippen molar-refractivity contribution in [1.82, 2.24) is 19.8 Å². The number of aromatic amines is 1. The maximum Gasteiger partial charge on any atom is 0.262 e. The van der Waals surface area contributed by atoms with Crippen LogP contribution in [0.3, 0.4) is 0 Å². The van der Waals surface area contributed by atoms with Gasteiger partial charge in [0.15, 0.2) is 0 Å². The molecule has 7 heteroatoms. The number of aromatic nitrogens is 2. The van der Waals surface area contributed by atoms with E-state index in [0.29, 0.717) is 28.2 Å². The van der Waals surface area contributed by atoms with Gasteiger partial charge in [-0.3, -0.25) is 9.69 Å². The second kappa shape index (κ2) is 8.23. The van der Waals surface area contributed by atoms with Crippen LogP contribution < -0.4 is 15.0 Å². The third-order valence-corrected chi connectivity index (χ3v) is 5.43. The highest BCUT2D eigenvalue weighted by Crippen LogP contribution is 2.28. The van der Waals surface area contributed by atoms with Gasteiger partial charge in [-0.2, -0.15) is 0 Å². The van der Waals surface area contributed by atoms with Crippen molar-refractivity contribution in [2.75, 3.05) is 47.4 Å². The molecule has 1 aliphatic heterocycles. The summed E-state index contributed by atoms with van der Waals surface area (Å²) in [4.78, 5) is 25.0. The molecule has 0 unspecified atom stereocenters. The van der Waals surface area contributed by atoms with E-state index in [1.165, 1.54) is 12.7 Å². The standard InChI is InChI=1S/C22H26N4O3/c1-25-8-10-26(11-9-25)14-15-4-6-16(7-5-15)21-23-18-12-17(28-2)13-19(29-3)20(18)22(27)24-21/h4-7,12-13H,8-11,14H2,1-3H3,(H,23,24,27). The van der Waals surface area contributed by atoms with Gasteiger partial charge in [0, 0.05) is 50.4 Å². The van der Waals surface area contributed by atoms with Gasteiger partial charge >= 0.3 is 0 Å². The summed E-state index contributed by atoms with van der Waals surface area (Å²) in [6, 6.07) is 11.7. The molecule has 0 aliphatic carbocycles. The number of rotatable bonds is 5. The van der Waals surface area contributed by atoms with Crippen LogP contribution in [-0.4, -0.2) is 67.2 Å². The van der Waals surface area contributed by atoms with Gasteiger partial charge in [-0.1, -0.05) is 24.3 Å². The zero-order chi connectivity index (χ0) is 20.4. The Kier molecular flexibility index (Phi) is 5.51. The molecular formula is C22H26N4O3. The summed E-state index contributed by atoms with van der Waals surface area (Å²) in [5.74, 6) is 1.58. The van der Waals surface area contributed by atoms with Crippen LogP contribution in [0.15, 0.2) is 41.2 Å². The fraction of sp³-hybridized carbons (Fsp3) is 0.364. The van der Waals surface area contributed by atoms with E-state index >= 15 is 0 Å². The van der Waals surface area contributed by atoms with Gasteiger partial charge in [0.1, 0.15) is 22.7 Å². The van der Waals surface area contributed by atoms with E-state index in [-0.39, 0.29) is 5.56 Å². The molecule has 0 amide bonds. The number of fused-ring (bicyclic) bond motifs is 1. The lowest BCUT2D eigenvalue weighted by molar-refractivity contribution is 0.148. The highest BCUT2D eigenvalue weighted by molar-refractivity contribution is 5.87. The second-order valence-electron chi connectivity index (χ2n) is 7.41. The first-order chi connectivity index (χ1) is 14.1. The first kappa shape index (κ1) is 19.4. The van der Waals surface area contributed by atoms with Gasteiger partial charge in [0.2, 0.25) is 0 Å². The molecule has 1 fully saturated rings. The summed E-state index contributed by atoms with van der Waals surface area (Å²) >= 11 is 0. The molecule has 152 valence electrons. The summed E-state index contributed by atoms with van der Waals surface area (Å²) in [6.07, 6.45) is 0. The van der Waals surface area contributed by atoms with E-state index < -0.39 is 0 Å². The fourth-order valence-electron chi connectivity index (χ4n) is 3.66. The van der Waals surface area contributed by atoms with Crippen LogP contribution >= 0.6 is 0 Å². The van der Waals surface area contributed by atoms with Gasteiger partial charge in [-0.25, -0.2) is 4.98 Å². The molecule has 29 heavy (non-hydrogen) atoms. The average Bonchev–Trinajstić information content (AvgIpc) is 2.74. The zero-order valence-corrected chi connectivity index (χ0v) is 17.1.